The van der Waals surface area contributed by atoms with Gasteiger partial charge in [0.05, 0.1) is 18.8 Å². The predicted octanol–water partition coefficient (Wildman–Crippen LogP) is -1.82. The second kappa shape index (κ2) is 16.5. The fraction of sp³-hybridized carbons (Fsp3) is 0.619. The van der Waals surface area contributed by atoms with Crippen LogP contribution in [0.1, 0.15) is 37.8 Å². The molecule has 14 nitrogen and oxygen atoms in total. The second-order valence-corrected chi connectivity index (χ2v) is 9.06. The molecule has 0 aliphatic rings. The molecule has 0 bridgehead atoms. The van der Waals surface area contributed by atoms with E-state index >= 15 is 0 Å². The number of amides is 3. The summed E-state index contributed by atoms with van der Waals surface area (Å²) in [7, 11) is 0. The van der Waals surface area contributed by atoms with Crippen molar-refractivity contribution in [1.29, 1.82) is 0 Å². The number of aromatic nitrogens is 2. The van der Waals surface area contributed by atoms with Crippen LogP contribution in [0.15, 0.2) is 12.5 Å². The summed E-state index contributed by atoms with van der Waals surface area (Å²) in [4.78, 5) is 67.7. The Labute approximate surface area is 212 Å². The zero-order chi connectivity index (χ0) is 27.1. The maximum Gasteiger partial charge on any atom is 0.326 e. The minimum atomic E-state index is -1.51. The Balaban J connectivity index is 2.93. The Morgan fingerprint density at radius 3 is 2.19 bits per heavy atom. The number of hydrogen-bond acceptors (Lipinski definition) is 9. The normalized spacial score (nSPS) is 14.2. The number of carboxylic acids is 2. The number of nitrogens with zero attached hydrogens (tertiary/aromatic N) is 1. The number of carbonyl (C=O) groups excluding carboxylic acids is 3. The first-order valence-corrected chi connectivity index (χ1v) is 12.8. The van der Waals surface area contributed by atoms with Crippen LogP contribution in [0.4, 0.5) is 0 Å². The van der Waals surface area contributed by atoms with Gasteiger partial charge in [-0.2, -0.15) is 11.8 Å². The molecule has 1 heterocycles. The van der Waals surface area contributed by atoms with Crippen molar-refractivity contribution in [2.45, 2.75) is 62.7 Å². The average molecular weight is 530 g/mol. The van der Waals surface area contributed by atoms with Crippen LogP contribution in [0.3, 0.4) is 0 Å². The SMILES string of the molecule is CSCCC(NC(=O)C(CCCCN)NC(=O)C(CC(=O)O)NC(=O)C(N)Cc1cnc[nH]1)C(=O)O. The monoisotopic (exact) mass is 529 g/mol. The number of aromatic amines is 1. The van der Waals surface area contributed by atoms with Crippen LogP contribution < -0.4 is 27.4 Å². The molecule has 0 spiro atoms. The zero-order valence-corrected chi connectivity index (χ0v) is 20.9. The average Bonchev–Trinajstić information content (AvgIpc) is 3.32. The van der Waals surface area contributed by atoms with Gasteiger partial charge in [-0.3, -0.25) is 19.2 Å². The number of H-pyrrole nitrogens is 1. The van der Waals surface area contributed by atoms with Gasteiger partial charge in [0.2, 0.25) is 17.7 Å². The van der Waals surface area contributed by atoms with E-state index in [2.05, 4.69) is 25.9 Å². The Kier molecular flexibility index (Phi) is 14.1. The van der Waals surface area contributed by atoms with Gasteiger partial charge in [0.15, 0.2) is 0 Å². The highest BCUT2D eigenvalue weighted by Crippen LogP contribution is 2.07. The lowest BCUT2D eigenvalue weighted by Gasteiger charge is -2.24. The highest BCUT2D eigenvalue weighted by atomic mass is 32.2. The molecule has 1 aromatic rings. The van der Waals surface area contributed by atoms with E-state index in [0.29, 0.717) is 30.8 Å². The number of carboxylic acid groups (broad SMARTS) is 2. The van der Waals surface area contributed by atoms with Crippen molar-refractivity contribution in [2.75, 3.05) is 18.6 Å². The molecular formula is C21H35N7O7S. The van der Waals surface area contributed by atoms with Gasteiger partial charge < -0.3 is 42.6 Å². The fourth-order valence-electron chi connectivity index (χ4n) is 3.19. The molecule has 0 saturated heterocycles. The molecule has 0 saturated carbocycles. The number of imidazole rings is 1. The highest BCUT2D eigenvalue weighted by molar-refractivity contribution is 7.98. The van der Waals surface area contributed by atoms with E-state index in [0.717, 1.165) is 0 Å². The van der Waals surface area contributed by atoms with Crippen molar-refractivity contribution >= 4 is 41.4 Å². The minimum Gasteiger partial charge on any atom is -0.481 e. The third-order valence-corrected chi connectivity index (χ3v) is 5.79. The van der Waals surface area contributed by atoms with E-state index in [1.165, 1.54) is 24.3 Å². The second-order valence-electron chi connectivity index (χ2n) is 8.07. The summed E-state index contributed by atoms with van der Waals surface area (Å²) in [6.45, 7) is 0.347. The zero-order valence-electron chi connectivity index (χ0n) is 20.1. The van der Waals surface area contributed by atoms with Crippen LogP contribution in [-0.2, 0) is 30.4 Å². The Hall–Kier alpha value is -3.17. The number of unbranched alkanes of at least 4 members (excludes halogenated alkanes) is 1. The van der Waals surface area contributed by atoms with Gasteiger partial charge in [-0.1, -0.05) is 0 Å². The van der Waals surface area contributed by atoms with E-state index in [9.17, 15) is 34.2 Å². The lowest BCUT2D eigenvalue weighted by atomic mass is 10.1. The molecule has 0 aromatic carbocycles. The predicted molar refractivity (Wildman–Crippen MR) is 132 cm³/mol. The summed E-state index contributed by atoms with van der Waals surface area (Å²) >= 11 is 1.42. The Morgan fingerprint density at radius 1 is 1.00 bits per heavy atom. The van der Waals surface area contributed by atoms with Crippen molar-refractivity contribution < 1.29 is 34.2 Å². The molecule has 202 valence electrons. The van der Waals surface area contributed by atoms with E-state index in [1.807, 2.05) is 0 Å². The van der Waals surface area contributed by atoms with Crippen LogP contribution in [-0.4, -0.2) is 92.6 Å². The van der Waals surface area contributed by atoms with Crippen molar-refractivity contribution in [3.05, 3.63) is 18.2 Å². The molecule has 10 N–H and O–H groups in total. The van der Waals surface area contributed by atoms with Gasteiger partial charge in [-0.15, -0.1) is 0 Å². The first-order chi connectivity index (χ1) is 17.1. The molecule has 3 amide bonds. The number of nitrogens with one attached hydrogen (secondary N) is 4. The van der Waals surface area contributed by atoms with Crippen LogP contribution in [0.2, 0.25) is 0 Å². The van der Waals surface area contributed by atoms with Gasteiger partial charge in [-0.25, -0.2) is 9.78 Å². The van der Waals surface area contributed by atoms with Gasteiger partial charge in [0.1, 0.15) is 18.1 Å². The molecule has 0 radical (unpaired) electrons. The number of carbonyl (C=O) groups is 5. The third kappa shape index (κ3) is 11.5. The molecule has 4 atom stereocenters. The highest BCUT2D eigenvalue weighted by Gasteiger charge is 2.31. The number of aliphatic carboxylic acids is 2. The number of hydrogen-bond donors (Lipinski definition) is 8. The van der Waals surface area contributed by atoms with Crippen LogP contribution in [0, 0.1) is 0 Å². The topological polar surface area (TPSA) is 243 Å². The fourth-order valence-corrected chi connectivity index (χ4v) is 3.66. The molecule has 1 aromatic heterocycles. The van der Waals surface area contributed by atoms with Crippen LogP contribution in [0.25, 0.3) is 0 Å². The number of thioether (sulfide) groups is 1. The van der Waals surface area contributed by atoms with Crippen molar-refractivity contribution in [1.82, 2.24) is 25.9 Å². The van der Waals surface area contributed by atoms with Gasteiger partial charge in [0.25, 0.3) is 0 Å². The summed E-state index contributed by atoms with van der Waals surface area (Å²) in [5.74, 6) is -4.49. The molecule has 0 fully saturated rings. The summed E-state index contributed by atoms with van der Waals surface area (Å²) < 4.78 is 0. The Bertz CT molecular complexity index is 869. The largest absolute Gasteiger partial charge is 0.481 e. The van der Waals surface area contributed by atoms with E-state index in [-0.39, 0.29) is 19.3 Å². The lowest BCUT2D eigenvalue weighted by Crippen LogP contribution is -2.57. The van der Waals surface area contributed by atoms with E-state index in [4.69, 9.17) is 11.5 Å². The van der Waals surface area contributed by atoms with Gasteiger partial charge >= 0.3 is 11.9 Å². The number of nitrogens with two attached hydrogens (primary N) is 2. The summed E-state index contributed by atoms with van der Waals surface area (Å²) in [5.41, 5.74) is 11.9. The molecule has 15 heteroatoms. The Morgan fingerprint density at radius 2 is 1.64 bits per heavy atom. The van der Waals surface area contributed by atoms with E-state index in [1.54, 1.807) is 6.26 Å². The van der Waals surface area contributed by atoms with Crippen molar-refractivity contribution in [3.63, 3.8) is 0 Å². The minimum absolute atomic E-state index is 0.0734. The first-order valence-electron chi connectivity index (χ1n) is 11.4. The molecule has 0 aliphatic carbocycles. The van der Waals surface area contributed by atoms with Gasteiger partial charge in [-0.05, 0) is 44.2 Å². The molecule has 1 rings (SSSR count). The summed E-state index contributed by atoms with van der Waals surface area (Å²) in [6, 6.07) is -4.92. The third-order valence-electron chi connectivity index (χ3n) is 5.15. The summed E-state index contributed by atoms with van der Waals surface area (Å²) in [5, 5.41) is 25.8. The smallest absolute Gasteiger partial charge is 0.326 e. The number of rotatable bonds is 18. The lowest BCUT2D eigenvalue weighted by molar-refractivity contribution is -0.143. The maximum absolute atomic E-state index is 12.9. The standard InChI is InChI=1S/C21H35N7O7S/c1-36-7-5-15(21(34)35)27-19(32)14(4-2-3-6-22)26-20(33)16(9-17(29)30)28-18(31)13(23)8-12-10-24-11-25-12/h10-11,13-16H,2-9,22-23H2,1H3,(H,24,25)(H,26,33)(H,27,32)(H,28,31)(H,29,30)(H,34,35). The van der Waals surface area contributed by atoms with Gasteiger partial charge in [0, 0.05) is 18.3 Å². The van der Waals surface area contributed by atoms with Crippen molar-refractivity contribution in [2.24, 2.45) is 11.5 Å². The molecular weight excluding hydrogens is 494 g/mol. The first kappa shape index (κ1) is 30.9. The van der Waals surface area contributed by atoms with E-state index < -0.39 is 60.2 Å². The summed E-state index contributed by atoms with van der Waals surface area (Å²) in [6.07, 6.45) is 5.31. The molecule has 4 unspecified atom stereocenters. The maximum atomic E-state index is 12.9. The quantitative estimate of drug-likeness (QED) is 0.0983. The van der Waals surface area contributed by atoms with Crippen LogP contribution in [0.5, 0.6) is 0 Å². The molecule has 36 heavy (non-hydrogen) atoms. The van der Waals surface area contributed by atoms with Crippen LogP contribution >= 0.6 is 11.8 Å². The molecule has 0 aliphatic heterocycles. The van der Waals surface area contributed by atoms with Crippen molar-refractivity contribution in [3.8, 4) is 0 Å².